The Morgan fingerprint density at radius 1 is 1.08 bits per heavy atom. The first-order valence-electron chi connectivity index (χ1n) is 7.98. The second-order valence-corrected chi connectivity index (χ2v) is 6.52. The predicted octanol–water partition coefficient (Wildman–Crippen LogP) is 3.16. The van der Waals surface area contributed by atoms with Gasteiger partial charge in [-0.25, -0.2) is 4.79 Å². The molecule has 0 unspecified atom stereocenters. The van der Waals surface area contributed by atoms with Gasteiger partial charge in [-0.3, -0.25) is 10.1 Å². The zero-order valence-corrected chi connectivity index (χ0v) is 14.9. The van der Waals surface area contributed by atoms with Gasteiger partial charge in [-0.1, -0.05) is 12.1 Å². The summed E-state index contributed by atoms with van der Waals surface area (Å²) in [4.78, 5) is 23.1. The van der Waals surface area contributed by atoms with Crippen molar-refractivity contribution in [3.8, 4) is 11.3 Å². The van der Waals surface area contributed by atoms with Crippen molar-refractivity contribution in [2.24, 2.45) is 0 Å². The lowest BCUT2D eigenvalue weighted by Crippen LogP contribution is -2.23. The van der Waals surface area contributed by atoms with Gasteiger partial charge in [0.05, 0.1) is 25.8 Å². The molecule has 2 rings (SSSR count). The summed E-state index contributed by atoms with van der Waals surface area (Å²) >= 11 is 0. The number of furan rings is 1. The maximum Gasteiger partial charge on any atom is 0.338 e. The van der Waals surface area contributed by atoms with Crippen molar-refractivity contribution in [2.45, 2.75) is 32.9 Å². The predicted molar refractivity (Wildman–Crippen MR) is 93.0 cm³/mol. The molecule has 0 fully saturated rings. The summed E-state index contributed by atoms with van der Waals surface area (Å²) in [5.74, 6) is 0.705. The fourth-order valence-corrected chi connectivity index (χ4v) is 2.10. The summed E-state index contributed by atoms with van der Waals surface area (Å²) in [6, 6.07) is 10.7. The molecule has 0 spiro atoms. The Labute approximate surface area is 147 Å². The van der Waals surface area contributed by atoms with Crippen LogP contribution in [0.25, 0.3) is 11.3 Å². The summed E-state index contributed by atoms with van der Waals surface area (Å²) < 4.78 is 15.6. The van der Waals surface area contributed by atoms with Crippen molar-refractivity contribution in [1.82, 2.24) is 5.32 Å². The average molecular weight is 345 g/mol. The van der Waals surface area contributed by atoms with Gasteiger partial charge in [-0.2, -0.15) is 0 Å². The number of hydrogen-bond acceptors (Lipinski definition) is 6. The number of carbonyl (C=O) groups excluding carboxylic acids is 2. The molecular formula is C19H23NO5. The van der Waals surface area contributed by atoms with Crippen LogP contribution in [0.4, 0.5) is 0 Å². The molecule has 0 aliphatic rings. The van der Waals surface area contributed by atoms with E-state index in [-0.39, 0.29) is 18.5 Å². The Bertz CT molecular complexity index is 725. The summed E-state index contributed by atoms with van der Waals surface area (Å²) in [5, 5.41) is 2.93. The van der Waals surface area contributed by atoms with E-state index >= 15 is 0 Å². The molecule has 2 aromatic rings. The van der Waals surface area contributed by atoms with E-state index < -0.39 is 5.60 Å². The number of nitrogens with one attached hydrogen (secondary N) is 1. The van der Waals surface area contributed by atoms with E-state index in [0.717, 1.165) is 5.56 Å². The maximum atomic E-state index is 12.0. The first kappa shape index (κ1) is 18.7. The number of rotatable bonds is 6. The van der Waals surface area contributed by atoms with E-state index in [1.54, 1.807) is 12.1 Å². The van der Waals surface area contributed by atoms with Crippen molar-refractivity contribution in [2.75, 3.05) is 13.7 Å². The van der Waals surface area contributed by atoms with Gasteiger partial charge in [0.2, 0.25) is 0 Å². The third kappa shape index (κ3) is 5.76. The summed E-state index contributed by atoms with van der Waals surface area (Å²) in [6.07, 6.45) is 0. The zero-order valence-electron chi connectivity index (χ0n) is 14.9. The second-order valence-electron chi connectivity index (χ2n) is 6.52. The second kappa shape index (κ2) is 7.98. The maximum absolute atomic E-state index is 12.0. The van der Waals surface area contributed by atoms with Crippen LogP contribution >= 0.6 is 0 Å². The molecule has 25 heavy (non-hydrogen) atoms. The average Bonchev–Trinajstić information content (AvgIpc) is 3.02. The molecule has 0 saturated carbocycles. The van der Waals surface area contributed by atoms with Gasteiger partial charge in [0.15, 0.2) is 0 Å². The molecule has 0 amide bonds. The number of ether oxygens (including phenoxy) is 2. The lowest BCUT2D eigenvalue weighted by atomic mass is 10.1. The normalized spacial score (nSPS) is 11.2. The van der Waals surface area contributed by atoms with E-state index in [1.807, 2.05) is 45.0 Å². The largest absolute Gasteiger partial charge is 0.468 e. The monoisotopic (exact) mass is 345 g/mol. The van der Waals surface area contributed by atoms with Crippen LogP contribution in [0.1, 0.15) is 36.9 Å². The molecule has 0 radical (unpaired) electrons. The van der Waals surface area contributed by atoms with Gasteiger partial charge in [0.1, 0.15) is 17.1 Å². The van der Waals surface area contributed by atoms with Gasteiger partial charge in [-0.05, 0) is 45.0 Å². The molecule has 6 nitrogen and oxygen atoms in total. The minimum Gasteiger partial charge on any atom is -0.468 e. The van der Waals surface area contributed by atoms with Crippen LogP contribution in [0.2, 0.25) is 0 Å². The van der Waals surface area contributed by atoms with Crippen molar-refractivity contribution in [3.05, 3.63) is 47.7 Å². The minimum absolute atomic E-state index is 0.122. The van der Waals surface area contributed by atoms with E-state index in [4.69, 9.17) is 9.15 Å². The molecule has 0 bridgehead atoms. The molecule has 0 aliphatic carbocycles. The number of carbonyl (C=O) groups is 2. The molecule has 1 aromatic carbocycles. The van der Waals surface area contributed by atoms with Crippen LogP contribution in [0.3, 0.4) is 0 Å². The Hall–Kier alpha value is -2.60. The minimum atomic E-state index is -0.525. The van der Waals surface area contributed by atoms with Crippen molar-refractivity contribution >= 4 is 11.9 Å². The fraction of sp³-hybridized carbons (Fsp3) is 0.368. The SMILES string of the molecule is COC(=O)CNCc1ccc(-c2ccc(C(=O)OC(C)(C)C)cc2)o1. The third-order valence-electron chi connectivity index (χ3n) is 3.26. The lowest BCUT2D eigenvalue weighted by Gasteiger charge is -2.19. The summed E-state index contributed by atoms with van der Waals surface area (Å²) in [5.41, 5.74) is 0.819. The van der Waals surface area contributed by atoms with E-state index in [0.29, 0.717) is 23.6 Å². The molecule has 0 aliphatic heterocycles. The van der Waals surface area contributed by atoms with Crippen LogP contribution in [-0.2, 0) is 20.8 Å². The van der Waals surface area contributed by atoms with Crippen LogP contribution in [0, 0.1) is 0 Å². The highest BCUT2D eigenvalue weighted by atomic mass is 16.6. The number of methoxy groups -OCH3 is 1. The Kier molecular flexibility index (Phi) is 5.98. The van der Waals surface area contributed by atoms with E-state index in [2.05, 4.69) is 10.1 Å². The van der Waals surface area contributed by atoms with Gasteiger partial charge in [0, 0.05) is 5.56 Å². The lowest BCUT2D eigenvalue weighted by molar-refractivity contribution is -0.139. The highest BCUT2D eigenvalue weighted by molar-refractivity contribution is 5.90. The Balaban J connectivity index is 1.98. The zero-order chi connectivity index (χ0) is 18.4. The first-order chi connectivity index (χ1) is 11.8. The molecule has 1 N–H and O–H groups in total. The van der Waals surface area contributed by atoms with Crippen molar-refractivity contribution < 1.29 is 23.5 Å². The third-order valence-corrected chi connectivity index (χ3v) is 3.26. The smallest absolute Gasteiger partial charge is 0.338 e. The van der Waals surface area contributed by atoms with E-state index in [1.165, 1.54) is 7.11 Å². The van der Waals surface area contributed by atoms with Crippen molar-refractivity contribution in [1.29, 1.82) is 0 Å². The van der Waals surface area contributed by atoms with E-state index in [9.17, 15) is 9.59 Å². The van der Waals surface area contributed by atoms with Gasteiger partial charge in [0.25, 0.3) is 0 Å². The van der Waals surface area contributed by atoms with Gasteiger partial charge >= 0.3 is 11.9 Å². The van der Waals surface area contributed by atoms with Crippen LogP contribution in [-0.4, -0.2) is 31.2 Å². The fourth-order valence-electron chi connectivity index (χ4n) is 2.10. The highest BCUT2D eigenvalue weighted by Crippen LogP contribution is 2.23. The molecule has 0 atom stereocenters. The molecule has 1 heterocycles. The van der Waals surface area contributed by atoms with Gasteiger partial charge < -0.3 is 13.9 Å². The molecule has 1 aromatic heterocycles. The number of esters is 2. The quantitative estimate of drug-likeness (QED) is 0.810. The topological polar surface area (TPSA) is 77.8 Å². The Morgan fingerprint density at radius 3 is 2.36 bits per heavy atom. The molecule has 6 heteroatoms. The molecule has 0 saturated heterocycles. The van der Waals surface area contributed by atoms with Crippen LogP contribution in [0.15, 0.2) is 40.8 Å². The number of hydrogen-bond donors (Lipinski definition) is 1. The van der Waals surface area contributed by atoms with Crippen molar-refractivity contribution in [3.63, 3.8) is 0 Å². The summed E-state index contributed by atoms with van der Waals surface area (Å²) in [6.45, 7) is 6.04. The van der Waals surface area contributed by atoms with Crippen LogP contribution < -0.4 is 5.32 Å². The van der Waals surface area contributed by atoms with Gasteiger partial charge in [-0.15, -0.1) is 0 Å². The summed E-state index contributed by atoms with van der Waals surface area (Å²) in [7, 11) is 1.34. The highest BCUT2D eigenvalue weighted by Gasteiger charge is 2.18. The van der Waals surface area contributed by atoms with Crippen LogP contribution in [0.5, 0.6) is 0 Å². The molecular weight excluding hydrogens is 322 g/mol. The standard InChI is InChI=1S/C19H23NO5/c1-19(2,3)25-18(22)14-7-5-13(6-8-14)16-10-9-15(24-16)11-20-12-17(21)23-4/h5-10,20H,11-12H2,1-4H3. The number of benzene rings is 1. The first-order valence-corrected chi connectivity index (χ1v) is 7.98. The Morgan fingerprint density at radius 2 is 1.76 bits per heavy atom. The molecule has 134 valence electrons.